The number of rotatable bonds is 6. The summed E-state index contributed by atoms with van der Waals surface area (Å²) < 4.78 is 24.5. The van der Waals surface area contributed by atoms with Gasteiger partial charge in [-0.2, -0.15) is 0 Å². The topological polar surface area (TPSA) is 86.7 Å². The lowest BCUT2D eigenvalue weighted by Crippen LogP contribution is -2.41. The Bertz CT molecular complexity index is 286. The molecule has 0 saturated carbocycles. The SMILES string of the molecule is CC(CN(C)C)NS(=O)(=O)CC(=O)O. The first-order valence-electron chi connectivity index (χ1n) is 4.09. The molecule has 0 rings (SSSR count). The van der Waals surface area contributed by atoms with Crippen LogP contribution >= 0.6 is 0 Å². The molecule has 0 aliphatic carbocycles. The number of nitrogens with zero attached hydrogens (tertiary/aromatic N) is 1. The molecule has 0 aromatic heterocycles. The van der Waals surface area contributed by atoms with Crippen molar-refractivity contribution in [1.29, 1.82) is 0 Å². The third-order valence-corrected chi connectivity index (χ3v) is 2.72. The van der Waals surface area contributed by atoms with Gasteiger partial charge in [0.25, 0.3) is 0 Å². The molecule has 84 valence electrons. The molecule has 14 heavy (non-hydrogen) atoms. The van der Waals surface area contributed by atoms with E-state index in [-0.39, 0.29) is 6.04 Å². The highest BCUT2D eigenvalue weighted by Crippen LogP contribution is 1.91. The maximum atomic E-state index is 11.1. The maximum Gasteiger partial charge on any atom is 0.320 e. The predicted molar refractivity (Wildman–Crippen MR) is 52.6 cm³/mol. The van der Waals surface area contributed by atoms with Gasteiger partial charge in [0, 0.05) is 12.6 Å². The van der Waals surface area contributed by atoms with E-state index in [1.165, 1.54) is 0 Å². The number of aliphatic carboxylic acids is 1. The summed E-state index contributed by atoms with van der Waals surface area (Å²) in [6, 6.07) is -0.297. The molecule has 0 radical (unpaired) electrons. The van der Waals surface area contributed by atoms with Crippen LogP contribution in [0, 0.1) is 0 Å². The van der Waals surface area contributed by atoms with Gasteiger partial charge in [-0.3, -0.25) is 4.79 Å². The van der Waals surface area contributed by atoms with E-state index in [0.717, 1.165) is 0 Å². The Morgan fingerprint density at radius 1 is 1.50 bits per heavy atom. The molecule has 0 aliphatic rings. The molecule has 0 heterocycles. The van der Waals surface area contributed by atoms with Crippen molar-refractivity contribution in [3.63, 3.8) is 0 Å². The third kappa shape index (κ3) is 6.81. The van der Waals surface area contributed by atoms with E-state index in [1.54, 1.807) is 6.92 Å². The quantitative estimate of drug-likeness (QED) is 0.600. The smallest absolute Gasteiger partial charge is 0.320 e. The van der Waals surface area contributed by atoms with Crippen LogP contribution in [0.5, 0.6) is 0 Å². The lowest BCUT2D eigenvalue weighted by molar-refractivity contribution is -0.134. The van der Waals surface area contributed by atoms with Crippen molar-refractivity contribution < 1.29 is 18.3 Å². The molecule has 0 spiro atoms. The highest BCUT2D eigenvalue weighted by molar-refractivity contribution is 7.90. The van der Waals surface area contributed by atoms with E-state index in [2.05, 4.69) is 4.72 Å². The molecule has 0 aliphatic heterocycles. The summed E-state index contributed by atoms with van der Waals surface area (Å²) in [5, 5.41) is 8.31. The Balaban J connectivity index is 4.16. The van der Waals surface area contributed by atoms with E-state index in [9.17, 15) is 13.2 Å². The molecule has 1 unspecified atom stereocenters. The first kappa shape index (κ1) is 13.3. The van der Waals surface area contributed by atoms with Crippen molar-refractivity contribution in [3.05, 3.63) is 0 Å². The summed E-state index contributed by atoms with van der Waals surface area (Å²) in [4.78, 5) is 12.0. The number of likely N-dealkylation sites (N-methyl/N-ethyl adjacent to an activating group) is 1. The lowest BCUT2D eigenvalue weighted by Gasteiger charge is -2.17. The minimum absolute atomic E-state index is 0.297. The predicted octanol–water partition coefficient (Wildman–Crippen LogP) is -1.06. The summed E-state index contributed by atoms with van der Waals surface area (Å²) >= 11 is 0. The zero-order valence-electron chi connectivity index (χ0n) is 8.52. The molecule has 0 bridgehead atoms. The minimum atomic E-state index is -3.70. The van der Waals surface area contributed by atoms with Crippen molar-refractivity contribution in [2.45, 2.75) is 13.0 Å². The molecule has 1 atom stereocenters. The van der Waals surface area contributed by atoms with Gasteiger partial charge in [0.15, 0.2) is 5.75 Å². The normalized spacial score (nSPS) is 14.3. The Morgan fingerprint density at radius 2 is 2.00 bits per heavy atom. The van der Waals surface area contributed by atoms with Crippen LogP contribution in [0.15, 0.2) is 0 Å². The molecule has 7 heteroatoms. The van der Waals surface area contributed by atoms with Gasteiger partial charge in [0.05, 0.1) is 0 Å². The van der Waals surface area contributed by atoms with Crippen LogP contribution in [0.1, 0.15) is 6.92 Å². The molecular weight excluding hydrogens is 208 g/mol. The fourth-order valence-electron chi connectivity index (χ4n) is 1.10. The van der Waals surface area contributed by atoms with E-state index in [1.807, 2.05) is 19.0 Å². The van der Waals surface area contributed by atoms with Gasteiger partial charge in [-0.1, -0.05) is 0 Å². The summed E-state index contributed by atoms with van der Waals surface area (Å²) in [5.74, 6) is -2.24. The van der Waals surface area contributed by atoms with Crippen LogP contribution in [0.25, 0.3) is 0 Å². The summed E-state index contributed by atoms with van der Waals surface area (Å²) in [6.45, 7) is 2.21. The standard InChI is InChI=1S/C7H16N2O4S/c1-6(4-9(2)3)8-14(12,13)5-7(10)11/h6,8H,4-5H2,1-3H3,(H,10,11). The molecule has 0 aromatic carbocycles. The second-order valence-electron chi connectivity index (χ2n) is 3.43. The van der Waals surface area contributed by atoms with Crippen LogP contribution in [0.2, 0.25) is 0 Å². The fourth-order valence-corrected chi connectivity index (χ4v) is 2.19. The first-order chi connectivity index (χ1) is 6.23. The van der Waals surface area contributed by atoms with E-state index in [4.69, 9.17) is 5.11 Å². The van der Waals surface area contributed by atoms with Crippen molar-refractivity contribution in [2.75, 3.05) is 26.4 Å². The zero-order valence-corrected chi connectivity index (χ0v) is 9.34. The second kappa shape index (κ2) is 5.28. The monoisotopic (exact) mass is 224 g/mol. The highest BCUT2D eigenvalue weighted by atomic mass is 32.2. The Labute approximate surface area is 84.0 Å². The minimum Gasteiger partial charge on any atom is -0.480 e. The van der Waals surface area contributed by atoms with Crippen LogP contribution in [0.3, 0.4) is 0 Å². The second-order valence-corrected chi connectivity index (χ2v) is 5.19. The van der Waals surface area contributed by atoms with Gasteiger partial charge < -0.3 is 10.0 Å². The van der Waals surface area contributed by atoms with Gasteiger partial charge in [0.2, 0.25) is 10.0 Å². The van der Waals surface area contributed by atoms with Crippen molar-refractivity contribution in [3.8, 4) is 0 Å². The molecule has 0 amide bonds. The van der Waals surface area contributed by atoms with E-state index >= 15 is 0 Å². The number of hydrogen-bond acceptors (Lipinski definition) is 4. The molecular formula is C7H16N2O4S. The van der Waals surface area contributed by atoms with Crippen LogP contribution in [-0.2, 0) is 14.8 Å². The average molecular weight is 224 g/mol. The number of carboxylic acid groups (broad SMARTS) is 1. The first-order valence-corrected chi connectivity index (χ1v) is 5.74. The largest absolute Gasteiger partial charge is 0.480 e. The van der Waals surface area contributed by atoms with Crippen LogP contribution < -0.4 is 4.72 Å². The lowest BCUT2D eigenvalue weighted by atomic mass is 10.3. The molecule has 0 fully saturated rings. The number of sulfonamides is 1. The number of nitrogens with one attached hydrogen (secondary N) is 1. The van der Waals surface area contributed by atoms with Crippen molar-refractivity contribution >= 4 is 16.0 Å². The number of carboxylic acids is 1. The maximum absolute atomic E-state index is 11.1. The van der Waals surface area contributed by atoms with Crippen LogP contribution in [-0.4, -0.2) is 56.8 Å². The van der Waals surface area contributed by atoms with Gasteiger partial charge in [-0.25, -0.2) is 13.1 Å². The van der Waals surface area contributed by atoms with E-state index < -0.39 is 21.7 Å². The van der Waals surface area contributed by atoms with Gasteiger partial charge in [-0.15, -0.1) is 0 Å². The Kier molecular flexibility index (Phi) is 5.03. The van der Waals surface area contributed by atoms with Gasteiger partial charge in [-0.05, 0) is 21.0 Å². The third-order valence-electron chi connectivity index (χ3n) is 1.33. The fraction of sp³-hybridized carbons (Fsp3) is 0.857. The molecule has 6 nitrogen and oxygen atoms in total. The van der Waals surface area contributed by atoms with E-state index in [0.29, 0.717) is 6.54 Å². The summed E-state index contributed by atoms with van der Waals surface area (Å²) in [5.41, 5.74) is 0. The number of hydrogen-bond donors (Lipinski definition) is 2. The van der Waals surface area contributed by atoms with Gasteiger partial charge >= 0.3 is 5.97 Å². The van der Waals surface area contributed by atoms with Crippen molar-refractivity contribution in [1.82, 2.24) is 9.62 Å². The number of carbonyl (C=O) groups is 1. The highest BCUT2D eigenvalue weighted by Gasteiger charge is 2.18. The van der Waals surface area contributed by atoms with Crippen molar-refractivity contribution in [2.24, 2.45) is 0 Å². The molecule has 2 N–H and O–H groups in total. The average Bonchev–Trinajstić information content (AvgIpc) is 1.77. The van der Waals surface area contributed by atoms with Gasteiger partial charge in [0.1, 0.15) is 0 Å². The molecule has 0 aromatic rings. The summed E-state index contributed by atoms with van der Waals surface area (Å²) in [7, 11) is -0.0868. The zero-order chi connectivity index (χ0) is 11.4. The summed E-state index contributed by atoms with van der Waals surface area (Å²) in [6.07, 6.45) is 0. The Hall–Kier alpha value is -0.660. The van der Waals surface area contributed by atoms with Crippen LogP contribution in [0.4, 0.5) is 0 Å². The Morgan fingerprint density at radius 3 is 2.36 bits per heavy atom. The molecule has 0 saturated heterocycles.